The van der Waals surface area contributed by atoms with Gasteiger partial charge in [-0.3, -0.25) is 0 Å². The van der Waals surface area contributed by atoms with Gasteiger partial charge in [-0.2, -0.15) is 0 Å². The molecule has 20 heavy (non-hydrogen) atoms. The van der Waals surface area contributed by atoms with Gasteiger partial charge < -0.3 is 9.64 Å². The van der Waals surface area contributed by atoms with Crippen molar-refractivity contribution < 1.29 is 9.13 Å². The van der Waals surface area contributed by atoms with Crippen LogP contribution in [0, 0.1) is 0 Å². The summed E-state index contributed by atoms with van der Waals surface area (Å²) in [5.41, 5.74) is 3.04. The van der Waals surface area contributed by atoms with E-state index in [0.29, 0.717) is 0 Å². The Bertz CT molecular complexity index is 611. The van der Waals surface area contributed by atoms with Crippen LogP contribution in [0.2, 0.25) is 0 Å². The van der Waals surface area contributed by atoms with E-state index in [1.165, 1.54) is 6.08 Å². The van der Waals surface area contributed by atoms with E-state index in [1.54, 1.807) is 12.2 Å². The minimum absolute atomic E-state index is 0.179. The van der Waals surface area contributed by atoms with Crippen molar-refractivity contribution in [2.24, 2.45) is 0 Å². The first-order chi connectivity index (χ1) is 9.72. The van der Waals surface area contributed by atoms with Gasteiger partial charge >= 0.3 is 0 Å². The van der Waals surface area contributed by atoms with E-state index in [0.717, 1.165) is 35.7 Å². The van der Waals surface area contributed by atoms with Crippen LogP contribution in [0.3, 0.4) is 0 Å². The van der Waals surface area contributed by atoms with Gasteiger partial charge in [-0.25, -0.2) is 4.39 Å². The Balaban J connectivity index is 2.05. The predicted molar refractivity (Wildman–Crippen MR) is 80.7 cm³/mol. The number of anilines is 1. The Kier molecular flexibility index (Phi) is 3.35. The van der Waals surface area contributed by atoms with Crippen molar-refractivity contribution in [3.63, 3.8) is 0 Å². The second-order valence-electron chi connectivity index (χ2n) is 4.93. The summed E-state index contributed by atoms with van der Waals surface area (Å²) in [5.74, 6) is 0.597. The lowest BCUT2D eigenvalue weighted by molar-refractivity contribution is 0.323. The quantitative estimate of drug-likeness (QED) is 0.820. The highest BCUT2D eigenvalue weighted by atomic mass is 19.1. The standard InChI is InChI=1S/C17H18FNO/c1-3-19(4-2)13-8-9-17-15(11-13)14-10-12(18)6-5-7-16(14)20-17/h5-11,16H,3-4H2,1-2H3. The predicted octanol–water partition coefficient (Wildman–Crippen LogP) is 4.10. The minimum atomic E-state index is -0.233. The molecule has 0 spiro atoms. The summed E-state index contributed by atoms with van der Waals surface area (Å²) in [4.78, 5) is 2.27. The van der Waals surface area contributed by atoms with Crippen molar-refractivity contribution >= 4 is 11.3 Å². The van der Waals surface area contributed by atoms with Crippen LogP contribution in [-0.4, -0.2) is 19.2 Å². The number of allylic oxidation sites excluding steroid dienone is 4. The maximum absolute atomic E-state index is 13.6. The molecule has 1 unspecified atom stereocenters. The third-order valence-electron chi connectivity index (χ3n) is 3.80. The lowest BCUT2D eigenvalue weighted by atomic mass is 10.0. The molecule has 1 aromatic carbocycles. The molecule has 0 fully saturated rings. The first kappa shape index (κ1) is 13.0. The van der Waals surface area contributed by atoms with Crippen molar-refractivity contribution in [1.82, 2.24) is 0 Å². The van der Waals surface area contributed by atoms with Crippen LogP contribution in [0.1, 0.15) is 19.4 Å². The molecule has 1 atom stereocenters. The fourth-order valence-corrected chi connectivity index (χ4v) is 2.73. The SMILES string of the molecule is CCN(CC)c1ccc2c(c1)C1=CC(F)=CC=CC1O2. The van der Waals surface area contributed by atoms with Crippen molar-refractivity contribution in [3.8, 4) is 5.75 Å². The Morgan fingerprint density at radius 1 is 1.25 bits per heavy atom. The average Bonchev–Trinajstić information content (AvgIpc) is 2.67. The summed E-state index contributed by atoms with van der Waals surface area (Å²) in [6, 6.07) is 6.14. The molecule has 2 aliphatic rings. The van der Waals surface area contributed by atoms with E-state index in [4.69, 9.17) is 4.74 Å². The van der Waals surface area contributed by atoms with Gasteiger partial charge in [0.15, 0.2) is 0 Å². The van der Waals surface area contributed by atoms with Crippen molar-refractivity contribution in [2.45, 2.75) is 20.0 Å². The molecular formula is C17H18FNO. The second kappa shape index (κ2) is 5.16. The number of halogens is 1. The summed E-state index contributed by atoms with van der Waals surface area (Å²) in [6.07, 6.45) is 6.45. The van der Waals surface area contributed by atoms with Crippen LogP contribution >= 0.6 is 0 Å². The van der Waals surface area contributed by atoms with Gasteiger partial charge in [0.2, 0.25) is 0 Å². The second-order valence-corrected chi connectivity index (χ2v) is 4.93. The lowest BCUT2D eigenvalue weighted by Gasteiger charge is -2.21. The molecule has 0 saturated heterocycles. The smallest absolute Gasteiger partial charge is 0.143 e. The largest absolute Gasteiger partial charge is 0.481 e. The molecule has 0 amide bonds. The van der Waals surface area contributed by atoms with Crippen LogP contribution in [0.25, 0.3) is 5.57 Å². The number of ether oxygens (including phenoxy) is 1. The van der Waals surface area contributed by atoms with Gasteiger partial charge in [0.05, 0.1) is 0 Å². The molecule has 2 nitrogen and oxygen atoms in total. The molecule has 3 rings (SSSR count). The van der Waals surface area contributed by atoms with Gasteiger partial charge in [-0.1, -0.05) is 6.08 Å². The minimum Gasteiger partial charge on any atom is -0.481 e. The van der Waals surface area contributed by atoms with Gasteiger partial charge in [0.25, 0.3) is 0 Å². The summed E-state index contributed by atoms with van der Waals surface area (Å²) in [5, 5.41) is 0. The van der Waals surface area contributed by atoms with Gasteiger partial charge in [0, 0.05) is 29.9 Å². The fourth-order valence-electron chi connectivity index (χ4n) is 2.73. The van der Waals surface area contributed by atoms with Crippen LogP contribution in [0.15, 0.2) is 48.3 Å². The van der Waals surface area contributed by atoms with E-state index < -0.39 is 0 Å². The van der Waals surface area contributed by atoms with Crippen LogP contribution in [-0.2, 0) is 0 Å². The highest BCUT2D eigenvalue weighted by Crippen LogP contribution is 2.41. The molecule has 104 valence electrons. The summed E-state index contributed by atoms with van der Waals surface area (Å²) < 4.78 is 19.5. The van der Waals surface area contributed by atoms with E-state index >= 15 is 0 Å². The monoisotopic (exact) mass is 271 g/mol. The van der Waals surface area contributed by atoms with E-state index in [1.807, 2.05) is 12.1 Å². The van der Waals surface area contributed by atoms with Crippen molar-refractivity contribution in [3.05, 3.63) is 53.9 Å². The molecular weight excluding hydrogens is 253 g/mol. The molecule has 0 bridgehead atoms. The number of hydrogen-bond donors (Lipinski definition) is 0. The third kappa shape index (κ3) is 2.13. The van der Waals surface area contributed by atoms with Gasteiger partial charge in [-0.15, -0.1) is 0 Å². The van der Waals surface area contributed by atoms with E-state index in [9.17, 15) is 4.39 Å². The zero-order chi connectivity index (χ0) is 14.1. The van der Waals surface area contributed by atoms with Crippen LogP contribution in [0.4, 0.5) is 10.1 Å². The maximum atomic E-state index is 13.6. The topological polar surface area (TPSA) is 12.5 Å². The molecule has 1 aromatic rings. The lowest BCUT2D eigenvalue weighted by Crippen LogP contribution is -2.21. The summed E-state index contributed by atoms with van der Waals surface area (Å²) >= 11 is 0. The molecule has 3 heteroatoms. The maximum Gasteiger partial charge on any atom is 0.143 e. The number of nitrogens with zero attached hydrogens (tertiary/aromatic N) is 1. The molecule has 0 N–H and O–H groups in total. The van der Waals surface area contributed by atoms with E-state index in [2.05, 4.69) is 30.9 Å². The molecule has 1 heterocycles. The highest BCUT2D eigenvalue weighted by molar-refractivity contribution is 5.82. The van der Waals surface area contributed by atoms with Gasteiger partial charge in [0.1, 0.15) is 17.7 Å². The van der Waals surface area contributed by atoms with Gasteiger partial charge in [-0.05, 0) is 50.3 Å². The number of hydrogen-bond acceptors (Lipinski definition) is 2. The highest BCUT2D eigenvalue weighted by Gasteiger charge is 2.28. The molecule has 0 radical (unpaired) electrons. The third-order valence-corrected chi connectivity index (χ3v) is 3.80. The Morgan fingerprint density at radius 2 is 2.05 bits per heavy atom. The normalized spacial score (nSPS) is 19.4. The van der Waals surface area contributed by atoms with Crippen LogP contribution < -0.4 is 9.64 Å². The fraction of sp³-hybridized carbons (Fsp3) is 0.294. The van der Waals surface area contributed by atoms with Crippen molar-refractivity contribution in [1.29, 1.82) is 0 Å². The first-order valence-corrected chi connectivity index (χ1v) is 7.04. The molecule has 1 aliphatic heterocycles. The van der Waals surface area contributed by atoms with E-state index in [-0.39, 0.29) is 11.9 Å². The number of benzene rings is 1. The zero-order valence-electron chi connectivity index (χ0n) is 11.8. The Labute approximate surface area is 118 Å². The average molecular weight is 271 g/mol. The number of fused-ring (bicyclic) bond motifs is 3. The summed E-state index contributed by atoms with van der Waals surface area (Å²) in [6.45, 7) is 6.16. The Morgan fingerprint density at radius 3 is 2.80 bits per heavy atom. The Hall–Kier alpha value is -2.03. The molecule has 1 aliphatic carbocycles. The zero-order valence-corrected chi connectivity index (χ0v) is 11.8. The van der Waals surface area contributed by atoms with Crippen molar-refractivity contribution in [2.75, 3.05) is 18.0 Å². The molecule has 0 aromatic heterocycles. The first-order valence-electron chi connectivity index (χ1n) is 7.04. The molecule has 0 saturated carbocycles. The number of rotatable bonds is 3. The summed E-state index contributed by atoms with van der Waals surface area (Å²) in [7, 11) is 0. The van der Waals surface area contributed by atoms with Crippen LogP contribution in [0.5, 0.6) is 5.75 Å².